The van der Waals surface area contributed by atoms with Crippen LogP contribution in [0.5, 0.6) is 0 Å². The summed E-state index contributed by atoms with van der Waals surface area (Å²) >= 11 is 0.0916. The van der Waals surface area contributed by atoms with Gasteiger partial charge < -0.3 is 0 Å². The molecule has 0 aliphatic carbocycles. The molecule has 0 aliphatic heterocycles. The molecule has 0 saturated carbocycles. The van der Waals surface area contributed by atoms with E-state index in [0.29, 0.717) is 0 Å². The van der Waals surface area contributed by atoms with Crippen LogP contribution in [0, 0.1) is 0 Å². The third kappa shape index (κ3) is 0.538. The summed E-state index contributed by atoms with van der Waals surface area (Å²) in [5.41, 5.74) is 1.34. The van der Waals surface area contributed by atoms with Gasteiger partial charge in [-0.3, -0.25) is 0 Å². The van der Waals surface area contributed by atoms with Crippen molar-refractivity contribution in [3.63, 3.8) is 0 Å². The van der Waals surface area contributed by atoms with Crippen molar-refractivity contribution in [3.8, 4) is 0 Å². The van der Waals surface area contributed by atoms with Crippen LogP contribution >= 0.6 is 0 Å². The number of fused-ring (bicyclic) bond motifs is 1. The van der Waals surface area contributed by atoms with Gasteiger partial charge in [0.25, 0.3) is 0 Å². The molecule has 1 nitrogen and oxygen atoms in total. The Morgan fingerprint density at radius 2 is 2.38 bits per heavy atom. The average Bonchev–Trinajstić information content (AvgIpc) is 2.15. The summed E-state index contributed by atoms with van der Waals surface area (Å²) in [5, 5.41) is 0. The Labute approximate surface area is 56.9 Å². The normalized spacial score (nSPS) is 10.5. The Kier molecular flexibility index (Phi) is 0.961. The molecule has 0 aromatic carbocycles. The van der Waals surface area contributed by atoms with Gasteiger partial charge in [-0.15, -0.1) is 0 Å². The van der Waals surface area contributed by atoms with Gasteiger partial charge in [0.05, 0.1) is 0 Å². The van der Waals surface area contributed by atoms with Crippen LogP contribution in [0.2, 0.25) is 0 Å². The molecule has 0 bridgehead atoms. The van der Waals surface area contributed by atoms with E-state index in [1.165, 1.54) is 5.52 Å². The van der Waals surface area contributed by atoms with Crippen molar-refractivity contribution in [1.82, 2.24) is 4.98 Å². The van der Waals surface area contributed by atoms with Crippen molar-refractivity contribution in [1.29, 1.82) is 0 Å². The second kappa shape index (κ2) is 1.65. The van der Waals surface area contributed by atoms with Gasteiger partial charge in [-0.05, 0) is 0 Å². The van der Waals surface area contributed by atoms with Gasteiger partial charge >= 0.3 is 56.7 Å². The number of nitrogens with one attached hydrogen (secondary N) is 1. The van der Waals surface area contributed by atoms with Crippen LogP contribution in [0.3, 0.4) is 0 Å². The molecule has 0 amide bonds. The minimum atomic E-state index is 0.0916. The SMILES string of the molecule is c1cc2[te]ccc2[nH]1. The molecule has 2 aromatic rings. The number of aromatic nitrogens is 1. The Balaban J connectivity index is 3.06. The fourth-order valence-corrected chi connectivity index (χ4v) is 2.92. The molecule has 0 fully saturated rings. The van der Waals surface area contributed by atoms with Crippen molar-refractivity contribution in [3.05, 3.63) is 22.4 Å². The Morgan fingerprint density at radius 3 is 3.25 bits per heavy atom. The van der Waals surface area contributed by atoms with Gasteiger partial charge in [0.15, 0.2) is 0 Å². The zero-order valence-electron chi connectivity index (χ0n) is 4.22. The standard InChI is InChI=1S/C6H5NTe/c1-3-7-5-2-4-8-6(1)5/h1-4,7H. The summed E-state index contributed by atoms with van der Waals surface area (Å²) in [5.74, 6) is 0. The van der Waals surface area contributed by atoms with Crippen LogP contribution in [-0.2, 0) is 0 Å². The van der Waals surface area contributed by atoms with Crippen LogP contribution in [0.25, 0.3) is 8.92 Å². The van der Waals surface area contributed by atoms with E-state index in [0.717, 1.165) is 0 Å². The number of hydrogen-bond donors (Lipinski definition) is 1. The molecule has 0 radical (unpaired) electrons. The van der Waals surface area contributed by atoms with Crippen LogP contribution < -0.4 is 0 Å². The van der Waals surface area contributed by atoms with Gasteiger partial charge in [-0.1, -0.05) is 0 Å². The molecule has 0 atom stereocenters. The predicted octanol–water partition coefficient (Wildman–Crippen LogP) is 1.22. The van der Waals surface area contributed by atoms with Gasteiger partial charge in [0.2, 0.25) is 0 Å². The van der Waals surface area contributed by atoms with E-state index in [4.69, 9.17) is 0 Å². The summed E-state index contributed by atoms with van der Waals surface area (Å²) in [4.78, 5) is 3.16. The molecular weight excluding hydrogens is 214 g/mol. The topological polar surface area (TPSA) is 15.8 Å². The molecule has 0 unspecified atom stereocenters. The summed E-state index contributed by atoms with van der Waals surface area (Å²) in [6.45, 7) is 0. The van der Waals surface area contributed by atoms with E-state index in [1.54, 1.807) is 3.40 Å². The van der Waals surface area contributed by atoms with Crippen molar-refractivity contribution in [2.24, 2.45) is 0 Å². The van der Waals surface area contributed by atoms with E-state index >= 15 is 0 Å². The first kappa shape index (κ1) is 4.67. The number of aromatic amines is 1. The van der Waals surface area contributed by atoms with Crippen LogP contribution in [0.4, 0.5) is 0 Å². The fourth-order valence-electron chi connectivity index (χ4n) is 0.776. The van der Waals surface area contributed by atoms with Crippen LogP contribution in [0.15, 0.2) is 22.4 Å². The molecule has 0 saturated heterocycles. The molecule has 0 spiro atoms. The molecule has 8 heavy (non-hydrogen) atoms. The molecule has 2 heterocycles. The Morgan fingerprint density at radius 1 is 1.38 bits per heavy atom. The zero-order chi connectivity index (χ0) is 5.40. The molecular formula is C6H5NTe. The van der Waals surface area contributed by atoms with Crippen LogP contribution in [-0.4, -0.2) is 25.4 Å². The van der Waals surface area contributed by atoms with E-state index in [-0.39, 0.29) is 20.4 Å². The molecule has 2 rings (SSSR count). The summed E-state index contributed by atoms with van der Waals surface area (Å²) in [6.07, 6.45) is 2.01. The predicted molar refractivity (Wildman–Crippen MR) is 35.2 cm³/mol. The molecule has 1 N–H and O–H groups in total. The van der Waals surface area contributed by atoms with Crippen LogP contribution in [0.1, 0.15) is 0 Å². The minimum absolute atomic E-state index is 0.0916. The van der Waals surface area contributed by atoms with Crippen molar-refractivity contribution < 1.29 is 0 Å². The zero-order valence-corrected chi connectivity index (χ0v) is 6.55. The molecule has 0 aliphatic rings. The van der Waals surface area contributed by atoms with E-state index < -0.39 is 0 Å². The van der Waals surface area contributed by atoms with Crippen molar-refractivity contribution in [2.45, 2.75) is 0 Å². The Hall–Kier alpha value is -0.190. The number of hydrogen-bond acceptors (Lipinski definition) is 0. The fraction of sp³-hybridized carbons (Fsp3) is 0. The maximum atomic E-state index is 3.16. The summed E-state index contributed by atoms with van der Waals surface area (Å²) < 4.78 is 3.85. The second-order valence-electron chi connectivity index (χ2n) is 1.68. The van der Waals surface area contributed by atoms with Gasteiger partial charge in [-0.25, -0.2) is 0 Å². The summed E-state index contributed by atoms with van der Waals surface area (Å²) in [7, 11) is 0. The maximum absolute atomic E-state index is 3.16. The average molecular weight is 219 g/mol. The second-order valence-corrected chi connectivity index (χ2v) is 4.38. The monoisotopic (exact) mass is 221 g/mol. The van der Waals surface area contributed by atoms with Gasteiger partial charge in [-0.2, -0.15) is 0 Å². The number of rotatable bonds is 0. The molecule has 2 aromatic heterocycles. The van der Waals surface area contributed by atoms with Gasteiger partial charge in [0, 0.05) is 0 Å². The third-order valence-electron chi connectivity index (χ3n) is 1.17. The van der Waals surface area contributed by atoms with Gasteiger partial charge in [0.1, 0.15) is 0 Å². The number of H-pyrrole nitrogens is 1. The summed E-state index contributed by atoms with van der Waals surface area (Å²) in [6, 6.07) is 4.36. The van der Waals surface area contributed by atoms with E-state index in [2.05, 4.69) is 21.2 Å². The first-order valence-corrected chi connectivity index (χ1v) is 4.98. The van der Waals surface area contributed by atoms with Crippen molar-refractivity contribution >= 4 is 29.3 Å². The first-order chi connectivity index (χ1) is 3.97. The van der Waals surface area contributed by atoms with E-state index in [9.17, 15) is 0 Å². The molecule has 40 valence electrons. The quantitative estimate of drug-likeness (QED) is 0.641. The molecule has 2 heteroatoms. The van der Waals surface area contributed by atoms with Crippen molar-refractivity contribution in [2.75, 3.05) is 0 Å². The third-order valence-corrected chi connectivity index (χ3v) is 3.69. The first-order valence-electron chi connectivity index (χ1n) is 2.47. The Bertz CT molecular complexity index is 230. The van der Waals surface area contributed by atoms with E-state index in [1.807, 2.05) is 6.20 Å².